The van der Waals surface area contributed by atoms with Crippen LogP contribution in [0.2, 0.25) is 0 Å². The van der Waals surface area contributed by atoms with Gasteiger partial charge in [0.25, 0.3) is 0 Å². The molecule has 102 valence electrons. The summed E-state index contributed by atoms with van der Waals surface area (Å²) < 4.78 is 0. The van der Waals surface area contributed by atoms with E-state index in [0.29, 0.717) is 13.0 Å². The van der Waals surface area contributed by atoms with E-state index < -0.39 is 12.0 Å². The number of carbonyl (C=O) groups is 2. The number of hydrogen-bond acceptors (Lipinski definition) is 3. The van der Waals surface area contributed by atoms with Gasteiger partial charge in [-0.1, -0.05) is 31.5 Å². The van der Waals surface area contributed by atoms with Gasteiger partial charge in [-0.3, -0.25) is 4.79 Å². The lowest BCUT2D eigenvalue weighted by atomic mass is 10.00. The largest absolute Gasteiger partial charge is 0.480 e. The first-order valence-electron chi connectivity index (χ1n) is 6.49. The predicted octanol–water partition coefficient (Wildman–Crippen LogP) is 1.57. The average Bonchev–Trinajstić information content (AvgIpc) is 2.81. The molecule has 1 aromatic carbocycles. The molecule has 0 bridgehead atoms. The second-order valence-electron chi connectivity index (χ2n) is 4.71. The van der Waals surface area contributed by atoms with E-state index >= 15 is 0 Å². The minimum atomic E-state index is -0.977. The van der Waals surface area contributed by atoms with Crippen LogP contribution in [0.5, 0.6) is 0 Å². The number of hydrogen-bond donors (Lipinski definition) is 3. The van der Waals surface area contributed by atoms with Crippen LogP contribution in [-0.2, 0) is 9.59 Å². The average molecular weight is 262 g/mol. The van der Waals surface area contributed by atoms with E-state index in [0.717, 1.165) is 17.7 Å². The molecule has 0 radical (unpaired) electrons. The third-order valence-corrected chi connectivity index (χ3v) is 3.34. The second-order valence-corrected chi connectivity index (χ2v) is 4.71. The highest BCUT2D eigenvalue weighted by molar-refractivity contribution is 5.91. The van der Waals surface area contributed by atoms with Gasteiger partial charge in [0, 0.05) is 12.2 Å². The van der Waals surface area contributed by atoms with E-state index in [1.165, 1.54) is 0 Å². The lowest BCUT2D eigenvalue weighted by molar-refractivity contribution is -0.142. The Morgan fingerprint density at radius 2 is 2.21 bits per heavy atom. The fourth-order valence-electron chi connectivity index (χ4n) is 2.34. The molecule has 0 aliphatic carbocycles. The van der Waals surface area contributed by atoms with Crippen LogP contribution in [0.25, 0.3) is 0 Å². The number of aliphatic carboxylic acids is 1. The maximum atomic E-state index is 12.2. The normalized spacial score (nSPS) is 18.3. The quantitative estimate of drug-likeness (QED) is 0.752. The Kier molecular flexibility index (Phi) is 4.04. The number of amides is 1. The molecule has 3 N–H and O–H groups in total. The summed E-state index contributed by atoms with van der Waals surface area (Å²) in [5, 5.41) is 14.8. The van der Waals surface area contributed by atoms with E-state index in [2.05, 4.69) is 10.6 Å². The van der Waals surface area contributed by atoms with Crippen molar-refractivity contribution in [1.82, 2.24) is 5.32 Å². The molecule has 1 aliphatic rings. The van der Waals surface area contributed by atoms with Crippen LogP contribution in [0, 0.1) is 0 Å². The maximum absolute atomic E-state index is 12.2. The van der Waals surface area contributed by atoms with Crippen LogP contribution < -0.4 is 10.6 Å². The summed E-state index contributed by atoms with van der Waals surface area (Å²) in [4.78, 5) is 23.2. The number of carbonyl (C=O) groups excluding carboxylic acids is 1. The Hall–Kier alpha value is -2.04. The third-order valence-electron chi connectivity index (χ3n) is 3.34. The predicted molar refractivity (Wildman–Crippen MR) is 72.1 cm³/mol. The van der Waals surface area contributed by atoms with E-state index in [-0.39, 0.29) is 11.8 Å². The Morgan fingerprint density at radius 3 is 2.89 bits per heavy atom. The molecular formula is C14H18N2O3. The van der Waals surface area contributed by atoms with Gasteiger partial charge in [0.15, 0.2) is 0 Å². The molecule has 0 aromatic heterocycles. The number of rotatable bonds is 5. The molecule has 1 aliphatic heterocycles. The first-order valence-corrected chi connectivity index (χ1v) is 6.49. The van der Waals surface area contributed by atoms with Crippen molar-refractivity contribution in [3.8, 4) is 0 Å². The molecule has 19 heavy (non-hydrogen) atoms. The van der Waals surface area contributed by atoms with E-state index in [4.69, 9.17) is 5.11 Å². The van der Waals surface area contributed by atoms with Gasteiger partial charge < -0.3 is 15.7 Å². The molecule has 0 saturated carbocycles. The highest BCUT2D eigenvalue weighted by Crippen LogP contribution is 2.31. The second kappa shape index (κ2) is 5.73. The summed E-state index contributed by atoms with van der Waals surface area (Å²) in [5.41, 5.74) is 1.88. The molecule has 5 nitrogen and oxygen atoms in total. The van der Waals surface area contributed by atoms with Gasteiger partial charge >= 0.3 is 5.97 Å². The van der Waals surface area contributed by atoms with Crippen LogP contribution in [0.3, 0.4) is 0 Å². The first kappa shape index (κ1) is 13.4. The number of anilines is 1. The first-order chi connectivity index (χ1) is 9.13. The van der Waals surface area contributed by atoms with Gasteiger partial charge in [0.05, 0.1) is 5.92 Å². The van der Waals surface area contributed by atoms with Crippen LogP contribution in [0.4, 0.5) is 5.69 Å². The maximum Gasteiger partial charge on any atom is 0.326 e. The van der Waals surface area contributed by atoms with Gasteiger partial charge in [-0.25, -0.2) is 4.79 Å². The smallest absolute Gasteiger partial charge is 0.326 e. The molecule has 5 heteroatoms. The monoisotopic (exact) mass is 262 g/mol. The molecule has 2 rings (SSSR count). The number of benzene rings is 1. The molecule has 2 atom stereocenters. The number of para-hydroxylation sites is 1. The summed E-state index contributed by atoms with van der Waals surface area (Å²) in [6.07, 6.45) is 1.17. The lowest BCUT2D eigenvalue weighted by Gasteiger charge is -2.16. The van der Waals surface area contributed by atoms with Crippen LogP contribution in [0.1, 0.15) is 31.2 Å². The van der Waals surface area contributed by atoms with Gasteiger partial charge in [0.1, 0.15) is 6.04 Å². The number of carboxylic acid groups (broad SMARTS) is 1. The van der Waals surface area contributed by atoms with Crippen molar-refractivity contribution in [3.63, 3.8) is 0 Å². The van der Waals surface area contributed by atoms with Gasteiger partial charge in [-0.2, -0.15) is 0 Å². The summed E-state index contributed by atoms with van der Waals surface area (Å²) in [5.74, 6) is -1.51. The van der Waals surface area contributed by atoms with Crippen molar-refractivity contribution in [3.05, 3.63) is 29.8 Å². The summed E-state index contributed by atoms with van der Waals surface area (Å²) in [6.45, 7) is 2.41. The van der Waals surface area contributed by atoms with Crippen molar-refractivity contribution in [1.29, 1.82) is 0 Å². The fraction of sp³-hybridized carbons (Fsp3) is 0.429. The Balaban J connectivity index is 2.07. The molecule has 1 aromatic rings. The van der Waals surface area contributed by atoms with Crippen molar-refractivity contribution < 1.29 is 14.7 Å². The molecular weight excluding hydrogens is 244 g/mol. The zero-order chi connectivity index (χ0) is 13.8. The fourth-order valence-corrected chi connectivity index (χ4v) is 2.34. The zero-order valence-electron chi connectivity index (χ0n) is 10.8. The van der Waals surface area contributed by atoms with Crippen LogP contribution in [-0.4, -0.2) is 29.6 Å². The van der Waals surface area contributed by atoms with Crippen molar-refractivity contribution in [2.24, 2.45) is 0 Å². The highest BCUT2D eigenvalue weighted by Gasteiger charge is 2.30. The Morgan fingerprint density at radius 1 is 1.47 bits per heavy atom. The number of nitrogens with one attached hydrogen (secondary N) is 2. The minimum Gasteiger partial charge on any atom is -0.480 e. The van der Waals surface area contributed by atoms with Crippen molar-refractivity contribution in [2.75, 3.05) is 11.9 Å². The van der Waals surface area contributed by atoms with E-state index in [1.807, 2.05) is 31.2 Å². The zero-order valence-corrected chi connectivity index (χ0v) is 10.8. The van der Waals surface area contributed by atoms with Crippen molar-refractivity contribution in [2.45, 2.75) is 31.7 Å². The van der Waals surface area contributed by atoms with E-state index in [1.54, 1.807) is 0 Å². The summed E-state index contributed by atoms with van der Waals surface area (Å²) in [6, 6.07) is 6.81. The molecule has 0 fully saturated rings. The van der Waals surface area contributed by atoms with Gasteiger partial charge in [-0.15, -0.1) is 0 Å². The van der Waals surface area contributed by atoms with E-state index in [9.17, 15) is 9.59 Å². The Labute approximate surface area is 112 Å². The van der Waals surface area contributed by atoms with Crippen molar-refractivity contribution >= 4 is 17.6 Å². The van der Waals surface area contributed by atoms with Crippen LogP contribution in [0.15, 0.2) is 24.3 Å². The minimum absolute atomic E-state index is 0.224. The third kappa shape index (κ3) is 2.86. The molecule has 1 unspecified atom stereocenters. The summed E-state index contributed by atoms with van der Waals surface area (Å²) >= 11 is 0. The highest BCUT2D eigenvalue weighted by atomic mass is 16.4. The standard InChI is InChI=1S/C14H18N2O3/c1-2-5-12(14(18)19)16-13(17)10-8-15-11-7-4-3-6-9(10)11/h3-4,6-7,10,12,15H,2,5,8H2,1H3,(H,16,17)(H,18,19)/t10?,12-/m0/s1. The number of carboxylic acids is 1. The lowest BCUT2D eigenvalue weighted by Crippen LogP contribution is -2.43. The molecule has 1 heterocycles. The molecule has 0 spiro atoms. The van der Waals surface area contributed by atoms with Gasteiger partial charge in [0.2, 0.25) is 5.91 Å². The SMILES string of the molecule is CCC[C@H](NC(=O)C1CNc2ccccc21)C(=O)O. The topological polar surface area (TPSA) is 78.4 Å². The number of fused-ring (bicyclic) bond motifs is 1. The molecule has 1 amide bonds. The molecule has 0 saturated heterocycles. The van der Waals surface area contributed by atoms with Crippen LogP contribution >= 0.6 is 0 Å². The van der Waals surface area contributed by atoms with Gasteiger partial charge in [-0.05, 0) is 18.1 Å². The summed E-state index contributed by atoms with van der Waals surface area (Å²) in [7, 11) is 0. The Bertz CT molecular complexity index is 487.